The lowest BCUT2D eigenvalue weighted by atomic mass is 9.90. The maximum absolute atomic E-state index is 5.34. The van der Waals surface area contributed by atoms with Crippen molar-refractivity contribution in [1.82, 2.24) is 14.5 Å². The van der Waals surface area contributed by atoms with Gasteiger partial charge in [-0.15, -0.1) is 0 Å². The van der Waals surface area contributed by atoms with Crippen LogP contribution in [-0.2, 0) is 0 Å². The Balaban J connectivity index is 0.957. The molecule has 0 N–H and O–H groups in total. The second-order valence-electron chi connectivity index (χ2n) is 16.2. The van der Waals surface area contributed by atoms with Gasteiger partial charge in [0.2, 0.25) is 0 Å². The fourth-order valence-electron chi connectivity index (χ4n) is 9.35. The molecule has 0 bridgehead atoms. The summed E-state index contributed by atoms with van der Waals surface area (Å²) < 4.78 is 2.34. The third-order valence-electron chi connectivity index (χ3n) is 12.4. The van der Waals surface area contributed by atoms with Gasteiger partial charge in [-0.3, -0.25) is 0 Å². The molecule has 2 aromatic heterocycles. The van der Waals surface area contributed by atoms with Gasteiger partial charge < -0.3 is 4.57 Å². The van der Waals surface area contributed by atoms with Crippen LogP contribution in [0, 0.1) is 0 Å². The first kappa shape index (κ1) is 36.5. The predicted molar refractivity (Wildman–Crippen MR) is 264 cm³/mol. The SMILES string of the molecule is c1ccc(-c2cc(-c3cccc(-c4cccc5cccc(-c6ccc(-c7ccc8ccccc8c7)cc6)c45)c3)nc(-c3cccc(-n4c5ccccc5c5ccccc54)c3)n2)cc1. The fourth-order valence-corrected chi connectivity index (χ4v) is 9.35. The van der Waals surface area contributed by atoms with Crippen molar-refractivity contribution in [1.29, 1.82) is 0 Å². The van der Waals surface area contributed by atoms with E-state index in [-0.39, 0.29) is 0 Å². The molecule has 0 unspecified atom stereocenters. The highest BCUT2D eigenvalue weighted by Crippen LogP contribution is 2.40. The molecule has 63 heavy (non-hydrogen) atoms. The van der Waals surface area contributed by atoms with Gasteiger partial charge >= 0.3 is 0 Å². The van der Waals surface area contributed by atoms with Gasteiger partial charge in [-0.1, -0.05) is 194 Å². The average molecular weight is 802 g/mol. The van der Waals surface area contributed by atoms with Gasteiger partial charge in [0.05, 0.1) is 22.4 Å². The summed E-state index contributed by atoms with van der Waals surface area (Å²) >= 11 is 0. The minimum absolute atomic E-state index is 0.680. The molecule has 0 spiro atoms. The van der Waals surface area contributed by atoms with E-state index < -0.39 is 0 Å². The molecular weight excluding hydrogens is 763 g/mol. The van der Waals surface area contributed by atoms with Crippen LogP contribution in [0.4, 0.5) is 0 Å². The summed E-state index contributed by atoms with van der Waals surface area (Å²) in [7, 11) is 0. The van der Waals surface area contributed by atoms with E-state index in [0.717, 1.165) is 39.3 Å². The fraction of sp³-hybridized carbons (Fsp3) is 0. The number of nitrogens with zero attached hydrogens (tertiary/aromatic N) is 3. The van der Waals surface area contributed by atoms with E-state index in [1.54, 1.807) is 0 Å². The minimum Gasteiger partial charge on any atom is -0.309 e. The van der Waals surface area contributed by atoms with Crippen LogP contribution in [-0.4, -0.2) is 14.5 Å². The van der Waals surface area contributed by atoms with Crippen LogP contribution in [0.3, 0.4) is 0 Å². The van der Waals surface area contributed by atoms with Gasteiger partial charge in [0.15, 0.2) is 5.82 Å². The molecule has 0 saturated heterocycles. The quantitative estimate of drug-likeness (QED) is 0.161. The zero-order chi connectivity index (χ0) is 41.7. The molecule has 0 amide bonds. The Morgan fingerprint density at radius 3 is 1.59 bits per heavy atom. The molecule has 0 radical (unpaired) electrons. The van der Waals surface area contributed by atoms with Crippen LogP contribution < -0.4 is 0 Å². The van der Waals surface area contributed by atoms with Gasteiger partial charge in [-0.25, -0.2) is 9.97 Å². The van der Waals surface area contributed by atoms with Crippen molar-refractivity contribution in [3.05, 3.63) is 237 Å². The van der Waals surface area contributed by atoms with Crippen LogP contribution >= 0.6 is 0 Å². The Kier molecular flexibility index (Phi) is 8.83. The minimum atomic E-state index is 0.680. The molecule has 2 heterocycles. The highest BCUT2D eigenvalue weighted by atomic mass is 15.0. The van der Waals surface area contributed by atoms with E-state index in [1.807, 2.05) is 6.07 Å². The van der Waals surface area contributed by atoms with E-state index in [1.165, 1.54) is 71.2 Å². The van der Waals surface area contributed by atoms with Crippen LogP contribution in [0.15, 0.2) is 237 Å². The Morgan fingerprint density at radius 1 is 0.286 bits per heavy atom. The molecule has 0 aliphatic heterocycles. The first-order chi connectivity index (χ1) is 31.2. The monoisotopic (exact) mass is 801 g/mol. The number of fused-ring (bicyclic) bond motifs is 5. The van der Waals surface area contributed by atoms with E-state index in [2.05, 4.69) is 235 Å². The summed E-state index contributed by atoms with van der Waals surface area (Å²) in [6.07, 6.45) is 0. The second-order valence-corrected chi connectivity index (χ2v) is 16.2. The van der Waals surface area contributed by atoms with Gasteiger partial charge in [-0.05, 0) is 97.4 Å². The van der Waals surface area contributed by atoms with E-state index in [9.17, 15) is 0 Å². The zero-order valence-electron chi connectivity index (χ0n) is 34.4. The molecule has 0 saturated carbocycles. The van der Waals surface area contributed by atoms with Crippen molar-refractivity contribution in [3.8, 4) is 73.0 Å². The molecule has 12 aromatic rings. The first-order valence-electron chi connectivity index (χ1n) is 21.5. The third-order valence-corrected chi connectivity index (χ3v) is 12.4. The van der Waals surface area contributed by atoms with Crippen LogP contribution in [0.25, 0.3) is 116 Å². The van der Waals surface area contributed by atoms with Crippen molar-refractivity contribution in [2.75, 3.05) is 0 Å². The number of rotatable bonds is 7. The first-order valence-corrected chi connectivity index (χ1v) is 21.5. The number of hydrogen-bond acceptors (Lipinski definition) is 2. The molecule has 12 rings (SSSR count). The molecule has 294 valence electrons. The standard InChI is InChI=1S/C60H39N3/c1-2-15-43(16-3-1)55-39-56(62-60(61-55)49-22-11-23-50(38-49)63-57-28-8-6-24-53(57)54-25-7-9-29-58(54)63)48-21-10-20-47(37-48)52-27-13-19-44-18-12-26-51(59(44)52)42-33-30-41(31-34-42)46-35-32-40-14-4-5-17-45(40)36-46/h1-39H. The van der Waals surface area contributed by atoms with Crippen molar-refractivity contribution in [3.63, 3.8) is 0 Å². The van der Waals surface area contributed by atoms with Crippen LogP contribution in [0.2, 0.25) is 0 Å². The largest absolute Gasteiger partial charge is 0.309 e. The average Bonchev–Trinajstić information content (AvgIpc) is 3.70. The predicted octanol–water partition coefficient (Wildman–Crippen LogP) is 15.9. The number of aromatic nitrogens is 3. The summed E-state index contributed by atoms with van der Waals surface area (Å²) in [6, 6.07) is 84.7. The van der Waals surface area contributed by atoms with Crippen LogP contribution in [0.1, 0.15) is 0 Å². The van der Waals surface area contributed by atoms with E-state index in [0.29, 0.717) is 5.82 Å². The summed E-state index contributed by atoms with van der Waals surface area (Å²) in [4.78, 5) is 10.6. The molecular formula is C60H39N3. The summed E-state index contributed by atoms with van der Waals surface area (Å²) in [5.41, 5.74) is 15.3. The Bertz CT molecular complexity index is 3620. The summed E-state index contributed by atoms with van der Waals surface area (Å²) in [5, 5.41) is 7.40. The Labute approximate surface area is 365 Å². The van der Waals surface area contributed by atoms with Crippen LogP contribution in [0.5, 0.6) is 0 Å². The molecule has 10 aromatic carbocycles. The van der Waals surface area contributed by atoms with E-state index >= 15 is 0 Å². The molecule has 0 fully saturated rings. The van der Waals surface area contributed by atoms with Crippen molar-refractivity contribution >= 4 is 43.4 Å². The summed E-state index contributed by atoms with van der Waals surface area (Å²) in [5.74, 6) is 0.680. The normalized spacial score (nSPS) is 11.5. The smallest absolute Gasteiger partial charge is 0.160 e. The third kappa shape index (κ3) is 6.55. The van der Waals surface area contributed by atoms with Gasteiger partial charge in [0.25, 0.3) is 0 Å². The lowest BCUT2D eigenvalue weighted by Gasteiger charge is -2.15. The number of benzene rings is 10. The maximum Gasteiger partial charge on any atom is 0.160 e. The number of para-hydroxylation sites is 2. The highest BCUT2D eigenvalue weighted by molar-refractivity contribution is 6.09. The molecule has 0 atom stereocenters. The highest BCUT2D eigenvalue weighted by Gasteiger charge is 2.17. The lowest BCUT2D eigenvalue weighted by Crippen LogP contribution is -1.98. The molecule has 0 aliphatic carbocycles. The summed E-state index contributed by atoms with van der Waals surface area (Å²) in [6.45, 7) is 0. The van der Waals surface area contributed by atoms with Gasteiger partial charge in [0.1, 0.15) is 0 Å². The Hall–Kier alpha value is -8.40. The van der Waals surface area contributed by atoms with Crippen molar-refractivity contribution < 1.29 is 0 Å². The maximum atomic E-state index is 5.34. The van der Waals surface area contributed by atoms with E-state index in [4.69, 9.17) is 9.97 Å². The molecule has 3 nitrogen and oxygen atoms in total. The Morgan fingerprint density at radius 2 is 0.825 bits per heavy atom. The van der Waals surface area contributed by atoms with Gasteiger partial charge in [0, 0.05) is 33.2 Å². The molecule has 0 aliphatic rings. The second kappa shape index (κ2) is 15.3. The lowest BCUT2D eigenvalue weighted by molar-refractivity contribution is 1.16. The van der Waals surface area contributed by atoms with Crippen molar-refractivity contribution in [2.45, 2.75) is 0 Å². The van der Waals surface area contributed by atoms with Gasteiger partial charge in [-0.2, -0.15) is 0 Å². The zero-order valence-corrected chi connectivity index (χ0v) is 34.4. The molecule has 3 heteroatoms. The topological polar surface area (TPSA) is 30.7 Å². The van der Waals surface area contributed by atoms with Crippen molar-refractivity contribution in [2.24, 2.45) is 0 Å². The number of hydrogen-bond donors (Lipinski definition) is 0.